The summed E-state index contributed by atoms with van der Waals surface area (Å²) in [5.74, 6) is 0. The van der Waals surface area contributed by atoms with E-state index in [9.17, 15) is 0 Å². The van der Waals surface area contributed by atoms with Gasteiger partial charge < -0.3 is 15.4 Å². The molecule has 0 amide bonds. The average molecular weight is 347 g/mol. The third-order valence-electron chi connectivity index (χ3n) is 4.01. The molecule has 0 unspecified atom stereocenters. The van der Waals surface area contributed by atoms with Crippen molar-refractivity contribution in [2.24, 2.45) is 0 Å². The molecule has 1 heterocycles. The van der Waals surface area contributed by atoms with Crippen molar-refractivity contribution in [2.75, 3.05) is 25.6 Å². The second kappa shape index (κ2) is 8.80. The van der Waals surface area contributed by atoms with Gasteiger partial charge in [0.15, 0.2) is 5.11 Å². The molecule has 130 valence electrons. The third-order valence-corrected chi connectivity index (χ3v) is 4.26. The zero-order valence-electron chi connectivity index (χ0n) is 14.8. The van der Waals surface area contributed by atoms with E-state index in [1.165, 1.54) is 11.1 Å². The maximum atomic E-state index is 5.36. The first kappa shape index (κ1) is 18.4. The minimum atomic E-state index is 0.618. The zero-order valence-corrected chi connectivity index (χ0v) is 15.7. The van der Waals surface area contributed by atoms with Gasteiger partial charge in [0.2, 0.25) is 0 Å². The Hall–Kier alpha value is -1.92. The molecule has 0 bridgehead atoms. The van der Waals surface area contributed by atoms with Gasteiger partial charge in [-0.25, -0.2) is 0 Å². The van der Waals surface area contributed by atoms with E-state index in [0.717, 1.165) is 43.2 Å². The molecule has 0 aliphatic carbocycles. The van der Waals surface area contributed by atoms with E-state index in [4.69, 9.17) is 17.0 Å². The molecule has 2 rings (SSSR count). The quantitative estimate of drug-likeness (QED) is 0.596. The van der Waals surface area contributed by atoms with Crippen LogP contribution in [0, 0.1) is 20.8 Å². The van der Waals surface area contributed by atoms with Crippen LogP contribution in [0.4, 0.5) is 5.69 Å². The molecule has 24 heavy (non-hydrogen) atoms. The molecule has 2 N–H and O–H groups in total. The van der Waals surface area contributed by atoms with Crippen LogP contribution in [-0.4, -0.2) is 35.2 Å². The zero-order chi connectivity index (χ0) is 17.5. The lowest BCUT2D eigenvalue weighted by Crippen LogP contribution is -2.30. The van der Waals surface area contributed by atoms with Gasteiger partial charge >= 0.3 is 0 Å². The van der Waals surface area contributed by atoms with Gasteiger partial charge in [0.1, 0.15) is 0 Å². The summed E-state index contributed by atoms with van der Waals surface area (Å²) in [5.41, 5.74) is 5.55. The summed E-state index contributed by atoms with van der Waals surface area (Å²) in [6.07, 6.45) is 0.919. The number of aryl methyl sites for hydroxylation is 2. The summed E-state index contributed by atoms with van der Waals surface area (Å²) in [7, 11) is 1.70. The number of methoxy groups -OCH3 is 1. The number of rotatable bonds is 7. The smallest absolute Gasteiger partial charge is 0.170 e. The van der Waals surface area contributed by atoms with Gasteiger partial charge in [0.25, 0.3) is 0 Å². The lowest BCUT2D eigenvalue weighted by molar-refractivity contribution is 0.196. The topological polar surface area (TPSA) is 51.1 Å². The molecule has 0 fully saturated rings. The number of benzene rings is 1. The third kappa shape index (κ3) is 4.79. The van der Waals surface area contributed by atoms with Crippen molar-refractivity contribution < 1.29 is 4.74 Å². The molecule has 0 aliphatic heterocycles. The Morgan fingerprint density at radius 2 is 2.00 bits per heavy atom. The van der Waals surface area contributed by atoms with Gasteiger partial charge in [-0.1, -0.05) is 24.3 Å². The molecule has 1 aromatic carbocycles. The molecule has 0 saturated carbocycles. The molecule has 2 aromatic rings. The number of nitrogens with one attached hydrogen (secondary N) is 2. The van der Waals surface area contributed by atoms with Crippen molar-refractivity contribution >= 4 is 23.0 Å². The van der Waals surface area contributed by atoms with Crippen molar-refractivity contribution in [1.82, 2.24) is 15.1 Å². The van der Waals surface area contributed by atoms with E-state index in [2.05, 4.69) is 53.8 Å². The summed E-state index contributed by atoms with van der Waals surface area (Å²) in [4.78, 5) is 0. The number of hydrogen-bond acceptors (Lipinski definition) is 3. The van der Waals surface area contributed by atoms with Crippen LogP contribution in [-0.2, 0) is 11.3 Å². The van der Waals surface area contributed by atoms with Gasteiger partial charge in [-0.05, 0) is 50.5 Å². The predicted molar refractivity (Wildman–Crippen MR) is 103 cm³/mol. The summed E-state index contributed by atoms with van der Waals surface area (Å²) < 4.78 is 7.05. The molecule has 0 spiro atoms. The largest absolute Gasteiger partial charge is 0.385 e. The second-order valence-corrected chi connectivity index (χ2v) is 6.27. The Kier molecular flexibility index (Phi) is 6.75. The average Bonchev–Trinajstić information content (AvgIpc) is 2.81. The summed E-state index contributed by atoms with van der Waals surface area (Å²) in [6, 6.07) is 8.38. The Balaban J connectivity index is 2.03. The number of hydrogen-bond donors (Lipinski definition) is 2. The standard InChI is InChI=1S/C18H26N4OS/c1-13-8-5-6-9-16(13)12-22-15(3)17(14(2)21-22)20-18(24)19-10-7-11-23-4/h5-6,8-9H,7,10-12H2,1-4H3,(H2,19,20,24). The SMILES string of the molecule is COCCCNC(=S)Nc1c(C)nn(Cc2ccccc2C)c1C. The molecule has 0 radical (unpaired) electrons. The highest BCUT2D eigenvalue weighted by atomic mass is 32.1. The Morgan fingerprint density at radius 1 is 1.25 bits per heavy atom. The number of ether oxygens (including phenoxy) is 1. The normalized spacial score (nSPS) is 10.7. The fourth-order valence-corrected chi connectivity index (χ4v) is 2.76. The summed E-state index contributed by atoms with van der Waals surface area (Å²) in [6.45, 7) is 8.46. The van der Waals surface area contributed by atoms with E-state index < -0.39 is 0 Å². The molecule has 0 saturated heterocycles. The Bertz CT molecular complexity index is 696. The minimum absolute atomic E-state index is 0.618. The van der Waals surface area contributed by atoms with Crippen LogP contribution in [0.2, 0.25) is 0 Å². The van der Waals surface area contributed by atoms with Gasteiger partial charge in [-0.2, -0.15) is 5.10 Å². The van der Waals surface area contributed by atoms with E-state index in [-0.39, 0.29) is 0 Å². The number of thiocarbonyl (C=S) groups is 1. The maximum Gasteiger partial charge on any atom is 0.170 e. The molecule has 5 nitrogen and oxygen atoms in total. The van der Waals surface area contributed by atoms with Gasteiger partial charge in [0, 0.05) is 20.3 Å². The van der Waals surface area contributed by atoms with Crippen LogP contribution in [0.15, 0.2) is 24.3 Å². The van der Waals surface area contributed by atoms with Crippen LogP contribution in [0.5, 0.6) is 0 Å². The monoisotopic (exact) mass is 346 g/mol. The number of anilines is 1. The lowest BCUT2D eigenvalue weighted by Gasteiger charge is -2.11. The first-order valence-corrected chi connectivity index (χ1v) is 8.56. The minimum Gasteiger partial charge on any atom is -0.385 e. The van der Waals surface area contributed by atoms with E-state index >= 15 is 0 Å². The van der Waals surface area contributed by atoms with Crippen molar-refractivity contribution in [2.45, 2.75) is 33.7 Å². The van der Waals surface area contributed by atoms with Gasteiger partial charge in [-0.3, -0.25) is 4.68 Å². The first-order chi connectivity index (χ1) is 11.5. The Morgan fingerprint density at radius 3 is 2.71 bits per heavy atom. The highest BCUT2D eigenvalue weighted by Crippen LogP contribution is 2.21. The Labute approximate surface area is 149 Å². The molecular formula is C18H26N4OS. The van der Waals surface area contributed by atoms with Gasteiger partial charge in [0.05, 0.1) is 23.6 Å². The number of nitrogens with zero attached hydrogens (tertiary/aromatic N) is 2. The first-order valence-electron chi connectivity index (χ1n) is 8.15. The predicted octanol–water partition coefficient (Wildman–Crippen LogP) is 3.18. The van der Waals surface area contributed by atoms with Crippen LogP contribution < -0.4 is 10.6 Å². The van der Waals surface area contributed by atoms with Gasteiger partial charge in [-0.15, -0.1) is 0 Å². The van der Waals surface area contributed by atoms with Crippen LogP contribution in [0.25, 0.3) is 0 Å². The molecule has 0 atom stereocenters. The summed E-state index contributed by atoms with van der Waals surface area (Å²) >= 11 is 5.36. The van der Waals surface area contributed by atoms with Crippen LogP contribution in [0.1, 0.15) is 28.9 Å². The van der Waals surface area contributed by atoms with E-state index in [1.54, 1.807) is 7.11 Å². The van der Waals surface area contributed by atoms with Crippen molar-refractivity contribution in [3.8, 4) is 0 Å². The maximum absolute atomic E-state index is 5.36. The van der Waals surface area contributed by atoms with Crippen LogP contribution >= 0.6 is 12.2 Å². The van der Waals surface area contributed by atoms with Crippen molar-refractivity contribution in [1.29, 1.82) is 0 Å². The van der Waals surface area contributed by atoms with E-state index in [1.807, 2.05) is 11.6 Å². The van der Waals surface area contributed by atoms with Crippen molar-refractivity contribution in [3.05, 3.63) is 46.8 Å². The van der Waals surface area contributed by atoms with Crippen molar-refractivity contribution in [3.63, 3.8) is 0 Å². The molecular weight excluding hydrogens is 320 g/mol. The highest BCUT2D eigenvalue weighted by Gasteiger charge is 2.13. The van der Waals surface area contributed by atoms with Crippen LogP contribution in [0.3, 0.4) is 0 Å². The summed E-state index contributed by atoms with van der Waals surface area (Å²) in [5, 5.41) is 11.7. The fraction of sp³-hybridized carbons (Fsp3) is 0.444. The molecule has 1 aromatic heterocycles. The lowest BCUT2D eigenvalue weighted by atomic mass is 10.1. The van der Waals surface area contributed by atoms with E-state index in [0.29, 0.717) is 5.11 Å². The molecule has 6 heteroatoms. The highest BCUT2D eigenvalue weighted by molar-refractivity contribution is 7.80. The second-order valence-electron chi connectivity index (χ2n) is 5.86. The number of aromatic nitrogens is 2. The fourth-order valence-electron chi connectivity index (χ4n) is 2.56. The molecule has 0 aliphatic rings.